The molecule has 1 aromatic rings. The normalized spacial score (nSPS) is 21.6. The molecule has 1 aromatic carbocycles. The van der Waals surface area contributed by atoms with Gasteiger partial charge in [0.2, 0.25) is 0 Å². The first-order chi connectivity index (χ1) is 9.83. The molecule has 1 fully saturated rings. The van der Waals surface area contributed by atoms with Crippen molar-refractivity contribution < 1.29 is 8.42 Å². The Morgan fingerprint density at radius 2 is 1.76 bits per heavy atom. The largest absolute Gasteiger partial charge is 0.229 e. The first-order valence-corrected chi connectivity index (χ1v) is 11.3. The second kappa shape index (κ2) is 6.71. The fourth-order valence-electron chi connectivity index (χ4n) is 3.25. The monoisotopic (exact) mass is 436 g/mol. The van der Waals surface area contributed by atoms with E-state index in [1.807, 2.05) is 0 Å². The third-order valence-electron chi connectivity index (χ3n) is 4.80. The first kappa shape index (κ1) is 17.5. The molecule has 5 heteroatoms. The molecular weight excluding hydrogens is 416 g/mol. The second-order valence-electron chi connectivity index (χ2n) is 6.28. The fraction of sp³-hybridized carbons (Fsp3) is 0.625. The molecule has 0 aliphatic carbocycles. The number of hydrogen-bond acceptors (Lipinski definition) is 2. The van der Waals surface area contributed by atoms with E-state index in [4.69, 9.17) is 0 Å². The number of sulfone groups is 1. The van der Waals surface area contributed by atoms with Gasteiger partial charge in [-0.15, -0.1) is 0 Å². The van der Waals surface area contributed by atoms with Crippen LogP contribution < -0.4 is 0 Å². The number of alkyl halides is 2. The molecule has 1 saturated heterocycles. The lowest BCUT2D eigenvalue weighted by Crippen LogP contribution is -2.37. The highest BCUT2D eigenvalue weighted by atomic mass is 79.9. The van der Waals surface area contributed by atoms with Crippen LogP contribution in [0.5, 0.6) is 0 Å². The van der Waals surface area contributed by atoms with E-state index in [0.717, 1.165) is 23.5 Å². The minimum Gasteiger partial charge on any atom is -0.229 e. The highest BCUT2D eigenvalue weighted by Gasteiger charge is 2.43. The predicted octanol–water partition coefficient (Wildman–Crippen LogP) is 4.06. The minimum absolute atomic E-state index is 0.0412. The van der Waals surface area contributed by atoms with Crippen molar-refractivity contribution in [3.8, 4) is 0 Å². The zero-order valence-corrected chi connectivity index (χ0v) is 16.5. The van der Waals surface area contributed by atoms with Crippen LogP contribution in [-0.2, 0) is 16.3 Å². The Kier molecular flexibility index (Phi) is 5.59. The second-order valence-corrected chi connectivity index (χ2v) is 9.63. The lowest BCUT2D eigenvalue weighted by atomic mass is 9.73. The topological polar surface area (TPSA) is 34.1 Å². The minimum atomic E-state index is -2.85. The summed E-state index contributed by atoms with van der Waals surface area (Å²) in [6.45, 7) is 4.28. The maximum Gasteiger partial charge on any atom is 0.150 e. The van der Waals surface area contributed by atoms with Gasteiger partial charge in [-0.1, -0.05) is 50.1 Å². The van der Waals surface area contributed by atoms with Crippen molar-refractivity contribution in [3.05, 3.63) is 34.9 Å². The van der Waals surface area contributed by atoms with Gasteiger partial charge in [0, 0.05) is 10.7 Å². The van der Waals surface area contributed by atoms with Crippen LogP contribution >= 0.6 is 31.9 Å². The van der Waals surface area contributed by atoms with Crippen LogP contribution in [0.1, 0.15) is 23.1 Å². The highest BCUT2D eigenvalue weighted by molar-refractivity contribution is 9.09. The average Bonchev–Trinajstić information content (AvgIpc) is 2.80. The Labute approximate surface area is 144 Å². The van der Waals surface area contributed by atoms with Gasteiger partial charge in [0.25, 0.3) is 0 Å². The smallest absolute Gasteiger partial charge is 0.150 e. The van der Waals surface area contributed by atoms with Crippen LogP contribution in [0, 0.1) is 25.2 Å². The number of halogens is 2. The van der Waals surface area contributed by atoms with Crippen molar-refractivity contribution in [2.75, 3.05) is 22.2 Å². The molecule has 1 unspecified atom stereocenters. The molecule has 2 rings (SSSR count). The summed E-state index contributed by atoms with van der Waals surface area (Å²) in [5.41, 5.74) is 3.91. The molecule has 1 aliphatic rings. The summed E-state index contributed by atoms with van der Waals surface area (Å²) in [6.07, 6.45) is 1.70. The number of benzene rings is 1. The summed E-state index contributed by atoms with van der Waals surface area (Å²) in [6, 6.07) is 6.36. The van der Waals surface area contributed by atoms with E-state index < -0.39 is 9.84 Å². The third-order valence-corrected chi connectivity index (χ3v) is 8.81. The van der Waals surface area contributed by atoms with E-state index in [1.165, 1.54) is 16.7 Å². The van der Waals surface area contributed by atoms with Crippen molar-refractivity contribution in [1.29, 1.82) is 0 Å². The Balaban J connectivity index is 2.35. The maximum atomic E-state index is 11.9. The van der Waals surface area contributed by atoms with Gasteiger partial charge >= 0.3 is 0 Å². The molecule has 2 nitrogen and oxygen atoms in total. The summed E-state index contributed by atoms with van der Waals surface area (Å²) < 4.78 is 23.8. The fourth-order valence-corrected chi connectivity index (χ4v) is 7.43. The van der Waals surface area contributed by atoms with Crippen molar-refractivity contribution in [1.82, 2.24) is 0 Å². The molecule has 0 radical (unpaired) electrons. The van der Waals surface area contributed by atoms with Crippen molar-refractivity contribution in [2.24, 2.45) is 11.3 Å². The molecule has 0 amide bonds. The van der Waals surface area contributed by atoms with Crippen LogP contribution in [0.2, 0.25) is 0 Å². The molecule has 21 heavy (non-hydrogen) atoms. The van der Waals surface area contributed by atoms with Crippen LogP contribution in [0.4, 0.5) is 0 Å². The summed E-state index contributed by atoms with van der Waals surface area (Å²) in [4.78, 5) is 0. The van der Waals surface area contributed by atoms with Gasteiger partial charge in [0.1, 0.15) is 0 Å². The molecule has 0 saturated carbocycles. The summed E-state index contributed by atoms with van der Waals surface area (Å²) in [5, 5.41) is 1.64. The van der Waals surface area contributed by atoms with E-state index >= 15 is 0 Å². The molecule has 0 bridgehead atoms. The first-order valence-electron chi connectivity index (χ1n) is 7.21. The Hall–Kier alpha value is 0.130. The van der Waals surface area contributed by atoms with Gasteiger partial charge in [-0.2, -0.15) is 0 Å². The van der Waals surface area contributed by atoms with Crippen LogP contribution in [0.3, 0.4) is 0 Å². The summed E-state index contributed by atoms with van der Waals surface area (Å²) in [7, 11) is -2.85. The van der Waals surface area contributed by atoms with Crippen molar-refractivity contribution >= 4 is 41.7 Å². The van der Waals surface area contributed by atoms with Crippen molar-refractivity contribution in [3.63, 3.8) is 0 Å². The van der Waals surface area contributed by atoms with Gasteiger partial charge in [-0.05, 0) is 54.7 Å². The highest BCUT2D eigenvalue weighted by Crippen LogP contribution is 2.42. The summed E-state index contributed by atoms with van der Waals surface area (Å²) >= 11 is 7.33. The lowest BCUT2D eigenvalue weighted by Gasteiger charge is -2.36. The van der Waals surface area contributed by atoms with Gasteiger partial charge in [-0.25, -0.2) is 8.42 Å². The molecule has 1 atom stereocenters. The molecule has 0 aromatic heterocycles. The summed E-state index contributed by atoms with van der Waals surface area (Å²) in [5.74, 6) is 0.890. The SMILES string of the molecule is Cc1cccc(C)c1CC(CBr)(CBr)C1CCS(=O)(=O)C1. The van der Waals surface area contributed by atoms with Crippen LogP contribution in [0.25, 0.3) is 0 Å². The van der Waals surface area contributed by atoms with E-state index in [0.29, 0.717) is 11.5 Å². The third kappa shape index (κ3) is 3.73. The molecule has 118 valence electrons. The number of aryl methyl sites for hydroxylation is 2. The Bertz CT molecular complexity index is 586. The van der Waals surface area contributed by atoms with Crippen LogP contribution in [0.15, 0.2) is 18.2 Å². The molecule has 0 spiro atoms. The van der Waals surface area contributed by atoms with Gasteiger partial charge < -0.3 is 0 Å². The van der Waals surface area contributed by atoms with Crippen LogP contribution in [-0.4, -0.2) is 30.6 Å². The molecule has 0 N–H and O–H groups in total. The Morgan fingerprint density at radius 1 is 1.19 bits per heavy atom. The quantitative estimate of drug-likeness (QED) is 0.651. The van der Waals surface area contributed by atoms with E-state index in [-0.39, 0.29) is 11.3 Å². The van der Waals surface area contributed by atoms with E-state index in [9.17, 15) is 8.42 Å². The maximum absolute atomic E-state index is 11.9. The number of rotatable bonds is 5. The van der Waals surface area contributed by atoms with Gasteiger partial charge in [0.05, 0.1) is 11.5 Å². The standard InChI is InChI=1S/C16H22Br2O2S/c1-12-4-3-5-13(2)15(12)8-16(10-17,11-18)14-6-7-21(19,20)9-14/h3-5,14H,6-11H2,1-2H3. The molecule has 1 heterocycles. The van der Waals surface area contributed by atoms with Gasteiger partial charge in [-0.3, -0.25) is 0 Å². The average molecular weight is 438 g/mol. The molecule has 1 aliphatic heterocycles. The van der Waals surface area contributed by atoms with Crippen molar-refractivity contribution in [2.45, 2.75) is 26.7 Å². The van der Waals surface area contributed by atoms with E-state index in [1.54, 1.807) is 0 Å². The van der Waals surface area contributed by atoms with Gasteiger partial charge in [0.15, 0.2) is 9.84 Å². The Morgan fingerprint density at radius 3 is 2.19 bits per heavy atom. The zero-order valence-electron chi connectivity index (χ0n) is 12.5. The zero-order chi connectivity index (χ0) is 15.7. The number of hydrogen-bond donors (Lipinski definition) is 0. The lowest BCUT2D eigenvalue weighted by molar-refractivity contribution is 0.252. The molecular formula is C16H22Br2O2S. The predicted molar refractivity (Wildman–Crippen MR) is 96.4 cm³/mol. The van der Waals surface area contributed by atoms with E-state index in [2.05, 4.69) is 63.9 Å².